The third kappa shape index (κ3) is 7.48. The van der Waals surface area contributed by atoms with Crippen molar-refractivity contribution in [1.82, 2.24) is 15.6 Å². The van der Waals surface area contributed by atoms with E-state index in [1.807, 2.05) is 19.1 Å². The van der Waals surface area contributed by atoms with E-state index in [1.165, 1.54) is 0 Å². The summed E-state index contributed by atoms with van der Waals surface area (Å²) in [6, 6.07) is 5.44. The zero-order valence-electron chi connectivity index (χ0n) is 10.7. The maximum absolute atomic E-state index is 11.6. The molecule has 2 N–H and O–H groups in total. The fourth-order valence-corrected chi connectivity index (χ4v) is 1.33. The minimum Gasteiger partial charge on any atom is -0.349 e. The van der Waals surface area contributed by atoms with Gasteiger partial charge in [0.1, 0.15) is 5.69 Å². The molecule has 1 aromatic rings. The summed E-state index contributed by atoms with van der Waals surface area (Å²) in [4.78, 5) is 15.8. The van der Waals surface area contributed by atoms with Crippen LogP contribution in [0.15, 0.2) is 18.2 Å². The smallest absolute Gasteiger partial charge is 0.269 e. The fourth-order valence-electron chi connectivity index (χ4n) is 1.33. The summed E-state index contributed by atoms with van der Waals surface area (Å²) in [5.74, 6) is -0.109. The Morgan fingerprint density at radius 3 is 2.56 bits per heavy atom. The summed E-state index contributed by atoms with van der Waals surface area (Å²) in [5.41, 5.74) is 1.34. The van der Waals surface area contributed by atoms with Crippen molar-refractivity contribution < 1.29 is 4.79 Å². The Kier molecular flexibility index (Phi) is 12.2. The third-order valence-electron chi connectivity index (χ3n) is 2.14. The van der Waals surface area contributed by atoms with Gasteiger partial charge in [-0.25, -0.2) is 4.98 Å². The van der Waals surface area contributed by atoms with E-state index >= 15 is 0 Å². The van der Waals surface area contributed by atoms with Gasteiger partial charge in [-0.1, -0.05) is 13.0 Å². The lowest BCUT2D eigenvalue weighted by atomic mass is 10.3. The number of amides is 1. The van der Waals surface area contributed by atoms with Gasteiger partial charge in [0, 0.05) is 18.8 Å². The van der Waals surface area contributed by atoms with E-state index in [-0.39, 0.29) is 30.7 Å². The number of aryl methyl sites for hydroxylation is 1. The number of rotatable bonds is 6. The fraction of sp³-hybridized carbons (Fsp3) is 0.500. The van der Waals surface area contributed by atoms with E-state index in [4.69, 9.17) is 0 Å². The highest BCUT2D eigenvalue weighted by atomic mass is 35.5. The van der Waals surface area contributed by atoms with Gasteiger partial charge >= 0.3 is 0 Å². The molecule has 0 aliphatic rings. The number of nitrogens with zero attached hydrogens (tertiary/aromatic N) is 1. The lowest BCUT2D eigenvalue weighted by molar-refractivity contribution is 0.0949. The van der Waals surface area contributed by atoms with Gasteiger partial charge in [-0.2, -0.15) is 0 Å². The second-order valence-corrected chi connectivity index (χ2v) is 3.67. The Morgan fingerprint density at radius 2 is 1.94 bits per heavy atom. The molecular weight excluding hydrogens is 273 g/mol. The van der Waals surface area contributed by atoms with Gasteiger partial charge in [0.25, 0.3) is 5.91 Å². The lowest BCUT2D eigenvalue weighted by Crippen LogP contribution is -2.32. The second-order valence-electron chi connectivity index (χ2n) is 3.67. The summed E-state index contributed by atoms with van der Waals surface area (Å²) in [7, 11) is 0. The van der Waals surface area contributed by atoms with Crippen molar-refractivity contribution in [2.24, 2.45) is 0 Å². The Bertz CT molecular complexity index is 348. The SMILES string of the molecule is CCCNCCNC(=O)c1cccc(C)n1.Cl.Cl. The van der Waals surface area contributed by atoms with Crippen LogP contribution in [-0.4, -0.2) is 30.5 Å². The van der Waals surface area contributed by atoms with E-state index in [9.17, 15) is 4.79 Å². The van der Waals surface area contributed by atoms with Crippen LogP contribution in [-0.2, 0) is 0 Å². The molecule has 0 spiro atoms. The molecule has 0 saturated heterocycles. The van der Waals surface area contributed by atoms with Gasteiger partial charge in [-0.15, -0.1) is 24.8 Å². The number of halogens is 2. The third-order valence-corrected chi connectivity index (χ3v) is 2.14. The van der Waals surface area contributed by atoms with Crippen LogP contribution in [0.2, 0.25) is 0 Å². The van der Waals surface area contributed by atoms with Crippen LogP contribution in [0.1, 0.15) is 29.5 Å². The molecule has 0 radical (unpaired) electrons. The predicted octanol–water partition coefficient (Wildman–Crippen LogP) is 1.96. The van der Waals surface area contributed by atoms with Crippen molar-refractivity contribution in [3.05, 3.63) is 29.6 Å². The van der Waals surface area contributed by atoms with E-state index in [0.29, 0.717) is 12.2 Å². The summed E-state index contributed by atoms with van der Waals surface area (Å²) >= 11 is 0. The molecule has 0 bridgehead atoms. The molecule has 0 aliphatic carbocycles. The summed E-state index contributed by atoms with van der Waals surface area (Å²) in [5, 5.41) is 6.04. The molecule has 0 aromatic carbocycles. The molecule has 4 nitrogen and oxygen atoms in total. The Morgan fingerprint density at radius 1 is 1.22 bits per heavy atom. The molecule has 0 saturated carbocycles. The number of nitrogens with one attached hydrogen (secondary N) is 2. The van der Waals surface area contributed by atoms with Gasteiger partial charge in [-0.3, -0.25) is 4.79 Å². The number of pyridine rings is 1. The number of hydrogen-bond acceptors (Lipinski definition) is 3. The second kappa shape index (κ2) is 11.3. The average Bonchev–Trinajstić information content (AvgIpc) is 2.28. The standard InChI is InChI=1S/C12H19N3O.2ClH/c1-3-7-13-8-9-14-12(16)11-6-4-5-10(2)15-11;;/h4-6,13H,3,7-9H2,1-2H3,(H,14,16);2*1H. The quantitative estimate of drug-likeness (QED) is 0.789. The monoisotopic (exact) mass is 293 g/mol. The number of carbonyl (C=O) groups is 1. The predicted molar refractivity (Wildman–Crippen MR) is 79.0 cm³/mol. The van der Waals surface area contributed by atoms with Crippen LogP contribution in [0, 0.1) is 6.92 Å². The minimum atomic E-state index is -0.109. The van der Waals surface area contributed by atoms with Crippen molar-refractivity contribution in [3.8, 4) is 0 Å². The highest BCUT2D eigenvalue weighted by Crippen LogP contribution is 1.97. The summed E-state index contributed by atoms with van der Waals surface area (Å²) < 4.78 is 0. The van der Waals surface area contributed by atoms with Crippen molar-refractivity contribution in [2.45, 2.75) is 20.3 Å². The number of carbonyl (C=O) groups excluding carboxylic acids is 1. The van der Waals surface area contributed by atoms with Crippen LogP contribution >= 0.6 is 24.8 Å². The summed E-state index contributed by atoms with van der Waals surface area (Å²) in [6.45, 7) is 6.40. The molecule has 0 aliphatic heterocycles. The van der Waals surface area contributed by atoms with Crippen LogP contribution in [0.5, 0.6) is 0 Å². The Hall–Kier alpha value is -0.840. The van der Waals surface area contributed by atoms with Gasteiger partial charge in [0.15, 0.2) is 0 Å². The molecule has 1 heterocycles. The van der Waals surface area contributed by atoms with Crippen LogP contribution in [0.25, 0.3) is 0 Å². The molecule has 0 unspecified atom stereocenters. The Labute approximate surface area is 121 Å². The average molecular weight is 294 g/mol. The number of aromatic nitrogens is 1. The van der Waals surface area contributed by atoms with Gasteiger partial charge in [0.05, 0.1) is 0 Å². The molecule has 1 aromatic heterocycles. The van der Waals surface area contributed by atoms with Gasteiger partial charge in [-0.05, 0) is 32.0 Å². The zero-order chi connectivity index (χ0) is 11.8. The molecule has 0 atom stereocenters. The van der Waals surface area contributed by atoms with Crippen LogP contribution < -0.4 is 10.6 Å². The maximum Gasteiger partial charge on any atom is 0.269 e. The Balaban J connectivity index is 0. The topological polar surface area (TPSA) is 54.0 Å². The number of hydrogen-bond donors (Lipinski definition) is 2. The van der Waals surface area contributed by atoms with Crippen molar-refractivity contribution >= 4 is 30.7 Å². The molecule has 1 rings (SSSR count). The van der Waals surface area contributed by atoms with Gasteiger partial charge in [0.2, 0.25) is 0 Å². The first-order chi connectivity index (χ1) is 7.74. The normalized spacial score (nSPS) is 9.00. The molecular formula is C12H21Cl2N3O. The highest BCUT2D eigenvalue weighted by Gasteiger charge is 2.05. The van der Waals surface area contributed by atoms with Crippen LogP contribution in [0.3, 0.4) is 0 Å². The molecule has 1 amide bonds. The zero-order valence-corrected chi connectivity index (χ0v) is 12.4. The first-order valence-corrected chi connectivity index (χ1v) is 5.66. The molecule has 0 fully saturated rings. The molecule has 104 valence electrons. The van der Waals surface area contributed by atoms with Crippen molar-refractivity contribution in [3.63, 3.8) is 0 Å². The minimum absolute atomic E-state index is 0. The van der Waals surface area contributed by atoms with Gasteiger partial charge < -0.3 is 10.6 Å². The van der Waals surface area contributed by atoms with Crippen molar-refractivity contribution in [1.29, 1.82) is 0 Å². The van der Waals surface area contributed by atoms with E-state index in [0.717, 1.165) is 25.2 Å². The highest BCUT2D eigenvalue weighted by molar-refractivity contribution is 5.92. The lowest BCUT2D eigenvalue weighted by Gasteiger charge is -2.05. The van der Waals surface area contributed by atoms with E-state index in [2.05, 4.69) is 22.5 Å². The summed E-state index contributed by atoms with van der Waals surface area (Å²) in [6.07, 6.45) is 1.10. The van der Waals surface area contributed by atoms with Crippen LogP contribution in [0.4, 0.5) is 0 Å². The maximum atomic E-state index is 11.6. The van der Waals surface area contributed by atoms with E-state index < -0.39 is 0 Å². The molecule has 6 heteroatoms. The first-order valence-electron chi connectivity index (χ1n) is 5.66. The molecule has 18 heavy (non-hydrogen) atoms. The largest absolute Gasteiger partial charge is 0.349 e. The first kappa shape index (κ1) is 19.5. The van der Waals surface area contributed by atoms with E-state index in [1.54, 1.807) is 6.07 Å². The van der Waals surface area contributed by atoms with Crippen molar-refractivity contribution in [2.75, 3.05) is 19.6 Å².